The highest BCUT2D eigenvalue weighted by Crippen LogP contribution is 2.31. The van der Waals surface area contributed by atoms with E-state index in [4.69, 9.17) is 10.2 Å². The fourth-order valence-electron chi connectivity index (χ4n) is 18.1. The first-order chi connectivity index (χ1) is 54.5. The molecule has 0 aliphatic carbocycles. The lowest BCUT2D eigenvalue weighted by atomic mass is 9.94. The molecule has 1 atom stereocenters. The summed E-state index contributed by atoms with van der Waals surface area (Å²) in [7, 11) is 0. The van der Waals surface area contributed by atoms with Gasteiger partial charge in [0.2, 0.25) is 0 Å². The van der Waals surface area contributed by atoms with E-state index in [9.17, 15) is 0 Å². The predicted molar refractivity (Wildman–Crippen MR) is 508 cm³/mol. The first-order valence-corrected chi connectivity index (χ1v) is 53.2. The van der Waals surface area contributed by atoms with Gasteiger partial charge in [0.15, 0.2) is 0 Å². The van der Waals surface area contributed by atoms with Crippen molar-refractivity contribution in [2.24, 2.45) is 0 Å². The minimum Gasteiger partial charge on any atom is -0.855 e. The summed E-state index contributed by atoms with van der Waals surface area (Å²) in [6, 6.07) is 0.931. The number of hydrogen-bond donors (Lipinski definition) is 0. The molecule has 0 aromatic rings. The molecular weight excluding hydrogens is 1350 g/mol. The molecule has 0 saturated carbocycles. The molecule has 0 aliphatic rings. The van der Waals surface area contributed by atoms with E-state index in [0.29, 0.717) is 0 Å². The van der Waals surface area contributed by atoms with Crippen LogP contribution in [-0.2, 0) is 0 Å². The molecule has 676 valence electrons. The van der Waals surface area contributed by atoms with E-state index >= 15 is 0 Å². The van der Waals surface area contributed by atoms with Gasteiger partial charge < -0.3 is 23.7 Å². The van der Waals surface area contributed by atoms with Gasteiger partial charge in [0.1, 0.15) is 0 Å². The van der Waals surface area contributed by atoms with Crippen LogP contribution in [0.25, 0.3) is 0 Å². The molecule has 0 radical (unpaired) electrons. The largest absolute Gasteiger partial charge is 0.855 e. The van der Waals surface area contributed by atoms with Gasteiger partial charge in [-0.15, -0.1) is 13.2 Å². The quantitative estimate of drug-likeness (QED) is 0.0450. The molecule has 0 heterocycles. The highest BCUT2D eigenvalue weighted by molar-refractivity contribution is 4.67. The monoisotopic (exact) mass is 1570 g/mol. The molecule has 0 bridgehead atoms. The Labute approximate surface area is 709 Å². The van der Waals surface area contributed by atoms with Crippen LogP contribution in [0.1, 0.15) is 598 Å². The van der Waals surface area contributed by atoms with Crippen molar-refractivity contribution in [1.29, 1.82) is 0 Å². The molecule has 5 nitrogen and oxygen atoms in total. The van der Waals surface area contributed by atoms with Gasteiger partial charge >= 0.3 is 0 Å². The second kappa shape index (κ2) is 106. The van der Waals surface area contributed by atoms with Gasteiger partial charge in [-0.05, 0) is 167 Å². The Kier molecular flexibility index (Phi) is 114. The van der Waals surface area contributed by atoms with E-state index in [1.165, 1.54) is 580 Å². The number of rotatable bonds is 89. The van der Waals surface area contributed by atoms with Crippen LogP contribution in [0.15, 0.2) is 0 Å². The van der Waals surface area contributed by atoms with Crippen molar-refractivity contribution in [1.82, 2.24) is 0 Å². The summed E-state index contributed by atoms with van der Waals surface area (Å²) in [4.78, 5) is 0. The van der Waals surface area contributed by atoms with Gasteiger partial charge in [-0.1, -0.05) is 431 Å². The van der Waals surface area contributed by atoms with Gasteiger partial charge in [-0.3, -0.25) is 0 Å². The lowest BCUT2D eigenvalue weighted by Crippen LogP contribution is -2.57. The molecule has 5 heteroatoms. The minimum absolute atomic E-state index is 0. The van der Waals surface area contributed by atoms with Gasteiger partial charge in [-0.25, -0.2) is 0 Å². The van der Waals surface area contributed by atoms with Crippen molar-refractivity contribution in [2.75, 3.05) is 85.2 Å². The number of unbranched alkanes of at least 4 members (excludes halogenated alkanes) is 62. The molecule has 0 fully saturated rings. The Bertz CT molecular complexity index is 1400. The highest BCUT2D eigenvalue weighted by Gasteiger charge is 2.35. The lowest BCUT2D eigenvalue weighted by molar-refractivity contribution is -0.952. The first-order valence-electron chi connectivity index (χ1n) is 53.2. The highest BCUT2D eigenvalue weighted by atomic mass is 16.3. The fourth-order valence-corrected chi connectivity index (χ4v) is 18.1. The van der Waals surface area contributed by atoms with Gasteiger partial charge in [0, 0.05) is 0 Å². The van der Waals surface area contributed by atoms with Gasteiger partial charge in [-0.2, -0.15) is 0 Å². The zero-order chi connectivity index (χ0) is 82.7. The minimum atomic E-state index is 0. The normalized spacial score (nSPS) is 12.0. The smallest absolute Gasteiger partial charge is 0.0890 e. The predicted octanol–water partition coefficient (Wildman–Crippen LogP) is 34.8. The van der Waals surface area contributed by atoms with Crippen LogP contribution < -0.4 is 10.2 Å². The number of hydrogen-bond acceptors (Lipinski definition) is 2. The third kappa shape index (κ3) is 91.9. The van der Waals surface area contributed by atoms with Crippen LogP contribution in [0.3, 0.4) is 0 Å². The molecule has 0 aromatic heterocycles. The van der Waals surface area contributed by atoms with Crippen LogP contribution >= 0.6 is 0 Å². The first kappa shape index (κ1) is 119. The van der Waals surface area contributed by atoms with Gasteiger partial charge in [0.05, 0.1) is 78.0 Å². The Morgan fingerprint density at radius 2 is 0.234 bits per heavy atom. The molecule has 0 amide bonds. The van der Waals surface area contributed by atoms with E-state index in [1.807, 2.05) is 0 Å². The Morgan fingerprint density at radius 3 is 0.387 bits per heavy atom. The Hall–Kier alpha value is -0.200. The third-order valence-corrected chi connectivity index (χ3v) is 25.6. The average Bonchev–Trinajstić information content (AvgIpc) is 0.828. The molecule has 0 spiro atoms. The molecule has 111 heavy (non-hydrogen) atoms. The Morgan fingerprint density at radius 1 is 0.135 bits per heavy atom. The topological polar surface area (TPSA) is 46.1 Å². The molecule has 0 saturated heterocycles. The van der Waals surface area contributed by atoms with E-state index in [2.05, 4.69) is 90.0 Å². The zero-order valence-corrected chi connectivity index (χ0v) is 81.4. The summed E-state index contributed by atoms with van der Waals surface area (Å²) in [6.45, 7) is 49.9. The SMILES string of the molecule is CCCCCCCCCCCCCCC(CCCCC)[N+](CCCCCC)(CCCCCC)CCCCCCCCCCCCCC.CCCCCCCC[N+](CCCCCCCC)(CCCCCCCC)CCCCCCCC.CCCCCC[N+](CCCCCC)(CCCCCC)CCCCCC.CC[O-].CC[O-]. The maximum atomic E-state index is 8.93. The van der Waals surface area contributed by atoms with Crippen LogP contribution in [0.2, 0.25) is 0 Å². The molecular formula is C106H226N3O2+. The second-order valence-corrected chi connectivity index (χ2v) is 36.6. The molecule has 0 aromatic carbocycles. The van der Waals surface area contributed by atoms with Crippen molar-refractivity contribution >= 4 is 0 Å². The number of quaternary nitrogens is 3. The third-order valence-electron chi connectivity index (χ3n) is 25.6. The van der Waals surface area contributed by atoms with Crippen LogP contribution in [0.4, 0.5) is 0 Å². The fraction of sp³-hybridized carbons (Fsp3) is 1.00. The summed E-state index contributed by atoms with van der Waals surface area (Å²) in [5.74, 6) is 0. The van der Waals surface area contributed by atoms with E-state index in [-0.39, 0.29) is 13.2 Å². The molecule has 1 unspecified atom stereocenters. The summed E-state index contributed by atoms with van der Waals surface area (Å²) < 4.78 is 4.44. The molecule has 0 aliphatic heterocycles. The van der Waals surface area contributed by atoms with Crippen molar-refractivity contribution in [3.05, 3.63) is 0 Å². The van der Waals surface area contributed by atoms with E-state index in [1.54, 1.807) is 13.8 Å². The maximum absolute atomic E-state index is 8.93. The summed E-state index contributed by atoms with van der Waals surface area (Å²) in [5, 5.41) is 17.9. The maximum Gasteiger partial charge on any atom is 0.0890 e. The lowest BCUT2D eigenvalue weighted by Gasteiger charge is -2.46. The van der Waals surface area contributed by atoms with Crippen LogP contribution in [0.5, 0.6) is 0 Å². The average molecular weight is 1570 g/mol. The van der Waals surface area contributed by atoms with Crippen molar-refractivity contribution in [3.8, 4) is 0 Å². The van der Waals surface area contributed by atoms with Crippen molar-refractivity contribution < 1.29 is 23.7 Å². The van der Waals surface area contributed by atoms with E-state index in [0.717, 1.165) is 6.04 Å². The summed E-state index contributed by atoms with van der Waals surface area (Å²) in [6.07, 6.45) is 112. The zero-order valence-electron chi connectivity index (χ0n) is 81.4. The van der Waals surface area contributed by atoms with Gasteiger partial charge in [0.25, 0.3) is 0 Å². The van der Waals surface area contributed by atoms with Crippen LogP contribution in [-0.4, -0.2) is 105 Å². The van der Waals surface area contributed by atoms with Crippen molar-refractivity contribution in [2.45, 2.75) is 604 Å². The Balaban J connectivity index is -0.000000511. The van der Waals surface area contributed by atoms with Crippen LogP contribution in [0, 0.1) is 0 Å². The number of nitrogens with zero attached hydrogens (tertiary/aromatic N) is 3. The van der Waals surface area contributed by atoms with Crippen molar-refractivity contribution in [3.63, 3.8) is 0 Å². The molecule has 0 N–H and O–H groups in total. The second-order valence-electron chi connectivity index (χ2n) is 36.6. The standard InChI is InChI=1S/C46H96N.C32H68N.C24H52N.2C2H5O/c1-6-11-16-20-22-24-26-28-30-32-34-37-42-46(41-36-15-10-5)47(43-38-18-13-8-3,44-39-19-14-9-4)45-40-35-33-31-29-27-25-23-21-17-12-7-2;1-5-9-13-17-21-25-29-33(30-26-22-18-14-10-6-2,31-27-23-19-15-11-7-3)32-28-24-20-16-12-8-4;1-5-9-13-17-21-25(22-18-14-10-6-2,23-19-15-11-7-3)24-20-16-12-8-4;2*1-2-3/h46H,6-45H2,1-5H3;5-32H2,1-4H3;5-24H2,1-4H3;2*2H2,1H3/q3*+1;2*-1. The summed E-state index contributed by atoms with van der Waals surface area (Å²) >= 11 is 0. The summed E-state index contributed by atoms with van der Waals surface area (Å²) in [5.41, 5.74) is 0. The van der Waals surface area contributed by atoms with E-state index < -0.39 is 0 Å². The molecule has 0 rings (SSSR count).